The SMILES string of the molecule is [Fe+4].[N-]=C=O.[O-]c1ccc2ccccc2c1C=NCCCNCCN=Cc1c([O-])ccc2ccccc12. The molecule has 0 aliphatic rings. The summed E-state index contributed by atoms with van der Waals surface area (Å²) in [6.45, 7) is 2.79. The molecule has 0 saturated carbocycles. The molecule has 7 nitrogen and oxygen atoms in total. The Morgan fingerprint density at radius 3 is 1.75 bits per heavy atom. The standard InChI is InChI=1S/C27H27N3O2.CNO.Fe/c31-26-12-10-20-6-1-3-8-22(20)24(26)18-29-15-5-14-28-16-17-30-19-25-23-9-4-2-7-21(23)11-13-27(25)32;2-1-3;/h1-4,6-13,18-19,28,31-32H,5,14-17H2;;/q;-1;+4/p-2. The van der Waals surface area contributed by atoms with Gasteiger partial charge in [0.2, 0.25) is 0 Å². The van der Waals surface area contributed by atoms with Gasteiger partial charge in [-0.05, 0) is 51.7 Å². The fourth-order valence-corrected chi connectivity index (χ4v) is 3.69. The van der Waals surface area contributed by atoms with Gasteiger partial charge in [0.1, 0.15) is 0 Å². The first kappa shape index (κ1) is 28.4. The van der Waals surface area contributed by atoms with E-state index in [-0.39, 0.29) is 28.6 Å². The van der Waals surface area contributed by atoms with Crippen molar-refractivity contribution in [2.75, 3.05) is 26.2 Å². The Hall–Kier alpha value is -3.80. The Morgan fingerprint density at radius 2 is 1.22 bits per heavy atom. The molecule has 0 heterocycles. The Balaban J connectivity index is 0.00000109. The Kier molecular flexibility index (Phi) is 12.0. The third kappa shape index (κ3) is 7.87. The van der Waals surface area contributed by atoms with Gasteiger partial charge < -0.3 is 20.9 Å². The van der Waals surface area contributed by atoms with Crippen LogP contribution in [0.3, 0.4) is 0 Å². The van der Waals surface area contributed by atoms with E-state index in [1.165, 1.54) is 0 Å². The van der Waals surface area contributed by atoms with Crippen molar-refractivity contribution in [1.29, 1.82) is 0 Å². The average Bonchev–Trinajstić information content (AvgIpc) is 2.88. The maximum absolute atomic E-state index is 12.2. The van der Waals surface area contributed by atoms with Crippen LogP contribution in [0.15, 0.2) is 82.8 Å². The molecular weight excluding hydrogens is 496 g/mol. The van der Waals surface area contributed by atoms with Crippen molar-refractivity contribution < 1.29 is 32.1 Å². The van der Waals surface area contributed by atoms with Crippen molar-refractivity contribution in [1.82, 2.24) is 5.32 Å². The number of hydrogen-bond acceptors (Lipinski definition) is 6. The molecule has 0 bridgehead atoms. The van der Waals surface area contributed by atoms with E-state index in [2.05, 4.69) is 15.3 Å². The predicted octanol–water partition coefficient (Wildman–Crippen LogP) is 3.55. The summed E-state index contributed by atoms with van der Waals surface area (Å²) in [7, 11) is 0. The van der Waals surface area contributed by atoms with Crippen LogP contribution in [-0.2, 0) is 21.9 Å². The largest absolute Gasteiger partial charge is 4.00 e. The van der Waals surface area contributed by atoms with E-state index in [1.807, 2.05) is 60.7 Å². The third-order valence-electron chi connectivity index (χ3n) is 5.36. The van der Waals surface area contributed by atoms with E-state index < -0.39 is 0 Å². The summed E-state index contributed by atoms with van der Waals surface area (Å²) >= 11 is 0. The molecule has 4 aromatic rings. The van der Waals surface area contributed by atoms with Crippen molar-refractivity contribution in [3.63, 3.8) is 0 Å². The van der Waals surface area contributed by atoms with Gasteiger partial charge in [0, 0.05) is 25.5 Å². The summed E-state index contributed by atoms with van der Waals surface area (Å²) in [6, 6.07) is 22.6. The van der Waals surface area contributed by atoms with Gasteiger partial charge in [0.25, 0.3) is 0 Å². The van der Waals surface area contributed by atoms with Crippen molar-refractivity contribution in [2.45, 2.75) is 6.42 Å². The van der Waals surface area contributed by atoms with Gasteiger partial charge in [0.05, 0.1) is 6.54 Å². The van der Waals surface area contributed by atoms with E-state index in [0.717, 1.165) is 41.1 Å². The molecule has 0 aliphatic heterocycles. The average molecular weight is 521 g/mol. The monoisotopic (exact) mass is 521 g/mol. The molecule has 0 aliphatic carbocycles. The molecule has 36 heavy (non-hydrogen) atoms. The van der Waals surface area contributed by atoms with E-state index in [1.54, 1.807) is 24.6 Å². The minimum absolute atomic E-state index is 0. The molecule has 0 radical (unpaired) electrons. The molecule has 0 amide bonds. The number of carbonyl (C=O) groups excluding carboxylic acids is 1. The van der Waals surface area contributed by atoms with Gasteiger partial charge in [-0.1, -0.05) is 84.3 Å². The quantitative estimate of drug-likeness (QED) is 0.157. The summed E-state index contributed by atoms with van der Waals surface area (Å²) in [6.07, 6.45) is 4.74. The Bertz CT molecular complexity index is 1270. The van der Waals surface area contributed by atoms with Crippen LogP contribution in [-0.4, -0.2) is 44.7 Å². The van der Waals surface area contributed by atoms with Crippen LogP contribution in [0.2, 0.25) is 0 Å². The van der Waals surface area contributed by atoms with Crippen LogP contribution in [0.25, 0.3) is 27.0 Å². The third-order valence-corrected chi connectivity index (χ3v) is 5.36. The fraction of sp³-hybridized carbons (Fsp3) is 0.179. The molecule has 0 unspecified atom stereocenters. The number of rotatable bonds is 9. The molecule has 182 valence electrons. The number of isocyanates is 1. The van der Waals surface area contributed by atoms with Crippen molar-refractivity contribution in [3.8, 4) is 11.5 Å². The topological polar surface area (TPSA) is 122 Å². The van der Waals surface area contributed by atoms with Crippen LogP contribution in [0.1, 0.15) is 17.5 Å². The van der Waals surface area contributed by atoms with Gasteiger partial charge in [-0.15, -0.1) is 0 Å². The van der Waals surface area contributed by atoms with Crippen molar-refractivity contribution in [2.24, 2.45) is 9.98 Å². The zero-order valence-electron chi connectivity index (χ0n) is 19.5. The molecule has 1 N–H and O–H groups in total. The first-order chi connectivity index (χ1) is 17.2. The zero-order valence-corrected chi connectivity index (χ0v) is 20.6. The van der Waals surface area contributed by atoms with E-state index >= 15 is 0 Å². The number of nitrogens with one attached hydrogen (secondary N) is 1. The summed E-state index contributed by atoms with van der Waals surface area (Å²) in [5.74, 6) is -0.0124. The molecule has 0 fully saturated rings. The van der Waals surface area contributed by atoms with Gasteiger partial charge >= 0.3 is 17.1 Å². The molecule has 4 rings (SSSR count). The van der Waals surface area contributed by atoms with Crippen molar-refractivity contribution >= 4 is 40.1 Å². The minimum atomic E-state index is -0.00861. The normalized spacial score (nSPS) is 10.8. The second-order valence-corrected chi connectivity index (χ2v) is 7.66. The fourth-order valence-electron chi connectivity index (χ4n) is 3.69. The maximum Gasteiger partial charge on any atom is 4.00 e. The predicted molar refractivity (Wildman–Crippen MR) is 138 cm³/mol. The van der Waals surface area contributed by atoms with Crippen LogP contribution in [0.4, 0.5) is 0 Å². The molecule has 8 heteroatoms. The summed E-state index contributed by atoms with van der Waals surface area (Å²) < 4.78 is 0. The first-order valence-corrected chi connectivity index (χ1v) is 11.2. The first-order valence-electron chi connectivity index (χ1n) is 11.2. The van der Waals surface area contributed by atoms with Crippen LogP contribution in [0, 0.1) is 0 Å². The smallest absolute Gasteiger partial charge is 0.872 e. The van der Waals surface area contributed by atoms with E-state index in [0.29, 0.717) is 30.3 Å². The van der Waals surface area contributed by atoms with Crippen LogP contribution < -0.4 is 15.5 Å². The molecule has 4 aromatic carbocycles. The van der Waals surface area contributed by atoms with Crippen LogP contribution >= 0.6 is 0 Å². The van der Waals surface area contributed by atoms with Gasteiger partial charge in [-0.2, -0.15) is 0 Å². The molecule has 0 spiro atoms. The second kappa shape index (κ2) is 15.2. The number of hydrogen-bond donors (Lipinski definition) is 1. The van der Waals surface area contributed by atoms with Crippen LogP contribution in [0.5, 0.6) is 11.5 Å². The van der Waals surface area contributed by atoms with Gasteiger partial charge in [0.15, 0.2) is 0 Å². The minimum Gasteiger partial charge on any atom is -0.872 e. The maximum atomic E-state index is 12.2. The van der Waals surface area contributed by atoms with Crippen molar-refractivity contribution in [3.05, 3.63) is 89.3 Å². The summed E-state index contributed by atoms with van der Waals surface area (Å²) in [4.78, 5) is 17.1. The summed E-state index contributed by atoms with van der Waals surface area (Å²) in [5.41, 5.74) is 1.29. The molecule has 0 atom stereocenters. The van der Waals surface area contributed by atoms with E-state index in [9.17, 15) is 10.2 Å². The molecule has 0 saturated heterocycles. The Morgan fingerprint density at radius 1 is 0.750 bits per heavy atom. The number of nitrogens with zero attached hydrogens (tertiary/aromatic N) is 3. The second-order valence-electron chi connectivity index (χ2n) is 7.66. The number of aliphatic imine (C=N–C) groups is 2. The molecule has 0 aromatic heterocycles. The zero-order chi connectivity index (χ0) is 24.9. The van der Waals surface area contributed by atoms with Gasteiger partial charge in [-0.25, -0.2) is 0 Å². The summed E-state index contributed by atoms with van der Waals surface area (Å²) in [5, 5.41) is 38.4. The van der Waals surface area contributed by atoms with E-state index in [4.69, 9.17) is 10.2 Å². The number of fused-ring (bicyclic) bond motifs is 2. The number of benzene rings is 4. The van der Waals surface area contributed by atoms with Gasteiger partial charge in [-0.3, -0.25) is 14.8 Å². The molecular formula is C28H25FeN4O3+. The Labute approximate surface area is 220 Å².